The van der Waals surface area contributed by atoms with Gasteiger partial charge in [0.25, 0.3) is 0 Å². The van der Waals surface area contributed by atoms with Crippen molar-refractivity contribution < 1.29 is 104 Å². The number of ether oxygens (including phenoxy) is 6. The Bertz CT molecular complexity index is 1930. The summed E-state index contributed by atoms with van der Waals surface area (Å²) in [6.07, 6.45) is -21.9. The monoisotopic (exact) mass is 988 g/mol. The summed E-state index contributed by atoms with van der Waals surface area (Å²) >= 11 is 0. The number of aliphatic hydroxyl groups is 12. The molecule has 7 fully saturated rings. The van der Waals surface area contributed by atoms with Crippen LogP contribution in [0.4, 0.5) is 0 Å². The Balaban J connectivity index is 1.07. The predicted molar refractivity (Wildman–Crippen MR) is 234 cm³/mol. The molecule has 0 aromatic rings. The average molecular weight is 989 g/mol. The molecule has 4 saturated carbocycles. The molecule has 25 atom stereocenters. The molecule has 3 saturated heterocycles. The van der Waals surface area contributed by atoms with E-state index in [4.69, 9.17) is 28.4 Å². The molecular formula is C48H76O21. The molecule has 0 amide bonds. The van der Waals surface area contributed by atoms with E-state index in [0.29, 0.717) is 51.4 Å². The number of esters is 1. The summed E-state index contributed by atoms with van der Waals surface area (Å²) in [5.41, 5.74) is -3.71. The maximum atomic E-state index is 14.7. The lowest BCUT2D eigenvalue weighted by atomic mass is 9.33. The van der Waals surface area contributed by atoms with Crippen molar-refractivity contribution in [2.75, 3.05) is 19.8 Å². The Morgan fingerprint density at radius 1 is 0.623 bits per heavy atom. The van der Waals surface area contributed by atoms with Gasteiger partial charge in [-0.05, 0) is 104 Å². The van der Waals surface area contributed by atoms with E-state index in [1.165, 1.54) is 6.92 Å². The molecule has 0 bridgehead atoms. The summed E-state index contributed by atoms with van der Waals surface area (Å²) < 4.78 is 34.9. The van der Waals surface area contributed by atoms with Crippen LogP contribution >= 0.6 is 0 Å². The zero-order valence-electron chi connectivity index (χ0n) is 40.2. The standard InChI is InChI=1S/C48H76O21/c1-43(2)11-13-48(42(63)69-39-34(59)32(57)29(54)24(18-50)65-39)14-12-45(4)20(21(48)15-43)7-8-26-44(3)16-22(52)37(47(6,41(61)62)27(44)9-10-46(26,45)5)68-40-35(60)36(30(55)25(19-51)66-40)67-38-33(58)31(56)28(53)23(17-49)64-38/h7,21-40,49-60H,8-19H2,1-6H3,(H,61,62)/t21-,22-,23+,24+,25+,26?,27?,28+,29+,30+,31-,32-,33+,34+,35+,36-,37-,38-,39-,40-,44+,45+,46+,47-,48-/m0/s1. The van der Waals surface area contributed by atoms with Crippen LogP contribution in [0.25, 0.3) is 0 Å². The van der Waals surface area contributed by atoms with Gasteiger partial charge in [-0.3, -0.25) is 9.59 Å². The second-order valence-corrected chi connectivity index (χ2v) is 23.4. The first-order valence-corrected chi connectivity index (χ1v) is 24.6. The molecule has 0 aromatic heterocycles. The number of rotatable bonds is 10. The molecule has 3 heterocycles. The van der Waals surface area contributed by atoms with Gasteiger partial charge in [0.05, 0.1) is 36.8 Å². The lowest BCUT2D eigenvalue weighted by Crippen LogP contribution is -2.70. The third-order valence-electron chi connectivity index (χ3n) is 19.4. The van der Waals surface area contributed by atoms with E-state index in [1.54, 1.807) is 0 Å². The second-order valence-electron chi connectivity index (χ2n) is 23.4. The molecule has 69 heavy (non-hydrogen) atoms. The van der Waals surface area contributed by atoms with Gasteiger partial charge >= 0.3 is 11.9 Å². The van der Waals surface area contributed by atoms with E-state index in [9.17, 15) is 76.0 Å². The molecule has 394 valence electrons. The van der Waals surface area contributed by atoms with Gasteiger partial charge in [-0.1, -0.05) is 46.3 Å². The minimum Gasteiger partial charge on any atom is -0.481 e. The zero-order chi connectivity index (χ0) is 50.7. The van der Waals surface area contributed by atoms with E-state index in [2.05, 4.69) is 33.8 Å². The predicted octanol–water partition coefficient (Wildman–Crippen LogP) is -1.82. The highest BCUT2D eigenvalue weighted by Crippen LogP contribution is 2.76. The van der Waals surface area contributed by atoms with Crippen molar-refractivity contribution in [2.45, 2.75) is 204 Å². The van der Waals surface area contributed by atoms with E-state index in [-0.39, 0.29) is 23.7 Å². The minimum absolute atomic E-state index is 0.0796. The molecule has 5 aliphatic carbocycles. The van der Waals surface area contributed by atoms with Crippen molar-refractivity contribution in [3.05, 3.63) is 11.6 Å². The smallest absolute Gasteiger partial charge is 0.315 e. The topological polar surface area (TPSA) is 353 Å². The lowest BCUT2D eigenvalue weighted by Gasteiger charge is -2.71. The molecule has 2 unspecified atom stereocenters. The minimum atomic E-state index is -1.96. The van der Waals surface area contributed by atoms with Gasteiger partial charge in [0.15, 0.2) is 12.6 Å². The van der Waals surface area contributed by atoms with E-state index in [1.807, 2.05) is 6.92 Å². The van der Waals surface area contributed by atoms with Crippen LogP contribution in [0.1, 0.15) is 99.3 Å². The highest BCUT2D eigenvalue weighted by Gasteiger charge is 2.73. The first-order chi connectivity index (χ1) is 32.2. The number of allylic oxidation sites excluding steroid dienone is 2. The molecule has 8 aliphatic rings. The number of carbonyl (C=O) groups is 2. The average Bonchev–Trinajstić information content (AvgIpc) is 3.29. The highest BCUT2D eigenvalue weighted by molar-refractivity contribution is 5.79. The van der Waals surface area contributed by atoms with Gasteiger partial charge in [-0.25, -0.2) is 0 Å². The van der Waals surface area contributed by atoms with E-state index >= 15 is 0 Å². The van der Waals surface area contributed by atoms with Crippen LogP contribution in [-0.2, 0) is 38.0 Å². The van der Waals surface area contributed by atoms with Crippen molar-refractivity contribution in [3.8, 4) is 0 Å². The van der Waals surface area contributed by atoms with Crippen LogP contribution in [0.2, 0.25) is 0 Å². The maximum absolute atomic E-state index is 14.7. The van der Waals surface area contributed by atoms with Crippen molar-refractivity contribution in [2.24, 2.45) is 50.2 Å². The number of hydrogen-bond acceptors (Lipinski definition) is 20. The first-order valence-electron chi connectivity index (χ1n) is 24.6. The Morgan fingerprint density at radius 3 is 1.74 bits per heavy atom. The largest absolute Gasteiger partial charge is 0.481 e. The first kappa shape index (κ1) is 53.3. The molecule has 8 rings (SSSR count). The molecular weight excluding hydrogens is 913 g/mol. The molecule has 21 nitrogen and oxygen atoms in total. The fourth-order valence-corrected chi connectivity index (χ4v) is 15.1. The zero-order valence-corrected chi connectivity index (χ0v) is 40.2. The number of carboxylic acids is 1. The van der Waals surface area contributed by atoms with Crippen molar-refractivity contribution in [1.29, 1.82) is 0 Å². The SMILES string of the molecule is CC1(C)CC[C@]2(C(=O)O[C@@H]3O[C@H](CO)[C@@H](O)[C@H](O)[C@H]3O)CC[C@]3(C)C(=CCC4[C@@]5(C)C[C@H](O)[C@H](O[C@@H]6O[C@H](CO)[C@@H](O)[C@H](O[C@@H]7O[C@H](CO)[C@@H](O)[C@H](O)[C@H]7O)[C@H]6O)[C@@](C)(C(=O)O)C5CC[C@]43C)[C@@H]2C1. The van der Waals surface area contributed by atoms with E-state index in [0.717, 1.165) is 5.57 Å². The lowest BCUT2D eigenvalue weighted by molar-refractivity contribution is -0.373. The van der Waals surface area contributed by atoms with Crippen LogP contribution in [-0.4, -0.2) is 202 Å². The summed E-state index contributed by atoms with van der Waals surface area (Å²) in [4.78, 5) is 28.5. The van der Waals surface area contributed by atoms with Crippen molar-refractivity contribution >= 4 is 11.9 Å². The molecule has 13 N–H and O–H groups in total. The van der Waals surface area contributed by atoms with Crippen LogP contribution in [0.5, 0.6) is 0 Å². The number of carboxylic acid groups (broad SMARTS) is 1. The normalized spacial score (nSPS) is 53.9. The Kier molecular flexibility index (Phi) is 14.5. The molecule has 0 radical (unpaired) electrons. The molecule has 21 heteroatoms. The fraction of sp³-hybridized carbons (Fsp3) is 0.917. The summed E-state index contributed by atoms with van der Waals surface area (Å²) in [6, 6.07) is 0. The van der Waals surface area contributed by atoms with Gasteiger partial charge in [-0.2, -0.15) is 0 Å². The van der Waals surface area contributed by atoms with Gasteiger partial charge < -0.3 is 94.8 Å². The van der Waals surface area contributed by atoms with Crippen LogP contribution in [0.15, 0.2) is 11.6 Å². The Labute approximate surface area is 400 Å². The molecule has 0 spiro atoms. The molecule has 0 aromatic carbocycles. The second kappa shape index (κ2) is 18.7. The summed E-state index contributed by atoms with van der Waals surface area (Å²) in [5.74, 6) is -2.95. The van der Waals surface area contributed by atoms with Crippen LogP contribution in [0, 0.1) is 50.2 Å². The summed E-state index contributed by atoms with van der Waals surface area (Å²) in [5, 5.41) is 139. The third kappa shape index (κ3) is 8.16. The molecule has 3 aliphatic heterocycles. The number of fused-ring (bicyclic) bond motifs is 7. The number of aliphatic carboxylic acids is 1. The van der Waals surface area contributed by atoms with Gasteiger partial charge in [0, 0.05) is 0 Å². The number of hydrogen-bond donors (Lipinski definition) is 13. The Hall–Kier alpha value is -2.00. The maximum Gasteiger partial charge on any atom is 0.315 e. The Morgan fingerprint density at radius 2 is 1.16 bits per heavy atom. The number of carbonyl (C=O) groups excluding carboxylic acids is 1. The van der Waals surface area contributed by atoms with Crippen LogP contribution in [0.3, 0.4) is 0 Å². The summed E-state index contributed by atoms with van der Waals surface area (Å²) in [7, 11) is 0. The van der Waals surface area contributed by atoms with E-state index < -0.39 is 169 Å². The van der Waals surface area contributed by atoms with Gasteiger partial charge in [0.1, 0.15) is 79.4 Å². The van der Waals surface area contributed by atoms with Crippen molar-refractivity contribution in [3.63, 3.8) is 0 Å². The summed E-state index contributed by atoms with van der Waals surface area (Å²) in [6.45, 7) is 10.0. The van der Waals surface area contributed by atoms with Gasteiger partial charge in [0.2, 0.25) is 6.29 Å². The quantitative estimate of drug-likeness (QED) is 0.0651. The van der Waals surface area contributed by atoms with Crippen molar-refractivity contribution in [1.82, 2.24) is 0 Å². The number of aliphatic hydroxyl groups excluding tert-OH is 12. The van der Waals surface area contributed by atoms with Gasteiger partial charge in [-0.15, -0.1) is 0 Å². The third-order valence-corrected chi connectivity index (χ3v) is 19.4. The van der Waals surface area contributed by atoms with Crippen LogP contribution < -0.4 is 0 Å². The highest BCUT2D eigenvalue weighted by atomic mass is 16.7. The fourth-order valence-electron chi connectivity index (χ4n) is 15.1.